The molecule has 40 heavy (non-hydrogen) atoms. The van der Waals surface area contributed by atoms with Gasteiger partial charge in [-0.2, -0.15) is 0 Å². The summed E-state index contributed by atoms with van der Waals surface area (Å²) < 4.78 is 33.0. The molecular weight excluding hydrogens is 540 g/mol. The predicted molar refractivity (Wildman–Crippen MR) is 149 cm³/mol. The van der Waals surface area contributed by atoms with Gasteiger partial charge in [0, 0.05) is 18.3 Å². The van der Waals surface area contributed by atoms with Crippen LogP contribution in [-0.4, -0.2) is 42.3 Å². The van der Waals surface area contributed by atoms with Gasteiger partial charge >= 0.3 is 0 Å². The third-order valence-electron chi connectivity index (χ3n) is 6.02. The zero-order chi connectivity index (χ0) is 29.0. The molecule has 0 bridgehead atoms. The van der Waals surface area contributed by atoms with E-state index in [0.717, 1.165) is 16.2 Å². The number of benzene rings is 3. The summed E-state index contributed by atoms with van der Waals surface area (Å²) in [6.45, 7) is 1.21. The number of aromatic nitrogens is 1. The number of nitrogen functional groups attached to an aromatic ring is 1. The average Bonchev–Trinajstić information content (AvgIpc) is 3.33. The van der Waals surface area contributed by atoms with Crippen LogP contribution in [-0.2, 0) is 9.59 Å². The van der Waals surface area contributed by atoms with E-state index >= 15 is 0 Å². The summed E-state index contributed by atoms with van der Waals surface area (Å²) in [6.07, 6.45) is 0. The number of hydrogen-bond acceptors (Lipinski definition) is 8. The summed E-state index contributed by atoms with van der Waals surface area (Å²) in [4.78, 5) is 44.7. The van der Waals surface area contributed by atoms with Gasteiger partial charge in [-0.15, -0.1) is 0 Å². The minimum atomic E-state index is -0.865. The van der Waals surface area contributed by atoms with Gasteiger partial charge in [-0.05, 0) is 67.6 Å². The van der Waals surface area contributed by atoms with Gasteiger partial charge in [0.05, 0.1) is 5.69 Å². The largest absolute Gasteiger partial charge is 0.484 e. The van der Waals surface area contributed by atoms with Gasteiger partial charge in [0.2, 0.25) is 11.7 Å². The SMILES string of the molecule is CC(C(N)=O)N(c1ccc(F)cc1)c1nc(N)c(C(=O)c2ccc(OCC(=O)N(C)c3ccccc3F)cc2)s1. The summed E-state index contributed by atoms with van der Waals surface area (Å²) in [5.74, 6) is -2.26. The second kappa shape index (κ2) is 11.9. The molecule has 1 atom stereocenters. The highest BCUT2D eigenvalue weighted by molar-refractivity contribution is 7.18. The van der Waals surface area contributed by atoms with Crippen molar-refractivity contribution in [2.75, 3.05) is 29.2 Å². The maximum absolute atomic E-state index is 14.0. The number of anilines is 4. The molecule has 1 aromatic heterocycles. The summed E-state index contributed by atoms with van der Waals surface area (Å²) in [7, 11) is 1.45. The minimum Gasteiger partial charge on any atom is -0.484 e. The first-order valence-corrected chi connectivity index (χ1v) is 12.8. The molecule has 3 aromatic carbocycles. The van der Waals surface area contributed by atoms with Crippen LogP contribution in [0, 0.1) is 11.6 Å². The van der Waals surface area contributed by atoms with Crippen LogP contribution in [0.3, 0.4) is 0 Å². The Labute approximate surface area is 232 Å². The average molecular weight is 566 g/mol. The number of nitrogens with zero attached hydrogens (tertiary/aromatic N) is 3. The number of thiazole rings is 1. The van der Waals surface area contributed by atoms with Gasteiger partial charge in [0.1, 0.15) is 34.1 Å². The van der Waals surface area contributed by atoms with E-state index in [1.807, 2.05) is 0 Å². The van der Waals surface area contributed by atoms with Gasteiger partial charge in [-0.3, -0.25) is 14.4 Å². The Kier molecular flexibility index (Phi) is 8.39. The smallest absolute Gasteiger partial charge is 0.264 e. The quantitative estimate of drug-likeness (QED) is 0.274. The lowest BCUT2D eigenvalue weighted by atomic mass is 10.1. The summed E-state index contributed by atoms with van der Waals surface area (Å²) in [5.41, 5.74) is 12.4. The van der Waals surface area contributed by atoms with E-state index in [-0.39, 0.29) is 33.7 Å². The Bertz CT molecular complexity index is 1540. The van der Waals surface area contributed by atoms with Crippen molar-refractivity contribution in [2.45, 2.75) is 13.0 Å². The normalized spacial score (nSPS) is 11.5. The molecule has 1 heterocycles. The Balaban J connectivity index is 1.48. The molecule has 0 spiro atoms. The topological polar surface area (TPSA) is 132 Å². The van der Waals surface area contributed by atoms with Crippen LogP contribution < -0.4 is 26.0 Å². The molecule has 0 saturated carbocycles. The number of carbonyl (C=O) groups excluding carboxylic acids is 3. The molecule has 2 amide bonds. The van der Waals surface area contributed by atoms with Crippen LogP contribution in [0.4, 0.5) is 31.1 Å². The number of carbonyl (C=O) groups is 3. The van der Waals surface area contributed by atoms with E-state index in [2.05, 4.69) is 4.98 Å². The Morgan fingerprint density at radius 2 is 1.65 bits per heavy atom. The van der Waals surface area contributed by atoms with Gasteiger partial charge in [-0.25, -0.2) is 13.8 Å². The lowest BCUT2D eigenvalue weighted by Gasteiger charge is -2.26. The number of para-hydroxylation sites is 1. The molecule has 0 aliphatic carbocycles. The van der Waals surface area contributed by atoms with E-state index in [1.54, 1.807) is 13.0 Å². The first-order chi connectivity index (χ1) is 19.1. The number of nitrogens with two attached hydrogens (primary N) is 2. The van der Waals surface area contributed by atoms with Crippen LogP contribution in [0.25, 0.3) is 0 Å². The van der Waals surface area contributed by atoms with Crippen LogP contribution in [0.2, 0.25) is 0 Å². The first-order valence-electron chi connectivity index (χ1n) is 12.0. The lowest BCUT2D eigenvalue weighted by Crippen LogP contribution is -2.39. The van der Waals surface area contributed by atoms with Crippen molar-refractivity contribution in [3.8, 4) is 5.75 Å². The van der Waals surface area contributed by atoms with Crippen molar-refractivity contribution in [3.05, 3.63) is 94.9 Å². The summed E-state index contributed by atoms with van der Waals surface area (Å²) in [6, 6.07) is 16.5. The molecule has 206 valence electrons. The zero-order valence-electron chi connectivity index (χ0n) is 21.5. The lowest BCUT2D eigenvalue weighted by molar-refractivity contribution is -0.120. The maximum atomic E-state index is 14.0. The highest BCUT2D eigenvalue weighted by Gasteiger charge is 2.27. The van der Waals surface area contributed by atoms with E-state index in [9.17, 15) is 23.2 Å². The van der Waals surface area contributed by atoms with Crippen molar-refractivity contribution in [1.82, 2.24) is 4.98 Å². The molecule has 0 saturated heterocycles. The van der Waals surface area contributed by atoms with E-state index < -0.39 is 35.3 Å². The third kappa shape index (κ3) is 6.07. The molecular formula is C28H25F2N5O4S. The fourth-order valence-electron chi connectivity index (χ4n) is 3.75. The molecule has 0 aliphatic rings. The van der Waals surface area contributed by atoms with Crippen LogP contribution >= 0.6 is 11.3 Å². The minimum absolute atomic E-state index is 0.0455. The molecule has 12 heteroatoms. The van der Waals surface area contributed by atoms with Gasteiger partial charge in [0.25, 0.3) is 5.91 Å². The number of likely N-dealkylation sites (N-methyl/N-ethyl adjacent to an activating group) is 1. The molecule has 9 nitrogen and oxygen atoms in total. The second-order valence-corrected chi connectivity index (χ2v) is 9.66. The standard InChI is InChI=1S/C28H25F2N5O4S/c1-16(27(32)38)35(19-11-9-18(29)10-12-19)28-33-26(31)25(40-28)24(37)17-7-13-20(14-8-17)39-15-23(36)34(2)22-6-4-3-5-21(22)30/h3-14,16H,15,31H2,1-2H3,(H2,32,38). The number of ether oxygens (including phenoxy) is 1. The van der Waals surface area contributed by atoms with Crippen molar-refractivity contribution < 1.29 is 27.9 Å². The zero-order valence-corrected chi connectivity index (χ0v) is 22.3. The number of rotatable bonds is 10. The monoisotopic (exact) mass is 565 g/mol. The number of ketones is 1. The Morgan fingerprint density at radius 3 is 2.27 bits per heavy atom. The molecule has 1 unspecified atom stereocenters. The Morgan fingerprint density at radius 1 is 1.00 bits per heavy atom. The van der Waals surface area contributed by atoms with Crippen molar-refractivity contribution in [3.63, 3.8) is 0 Å². The van der Waals surface area contributed by atoms with Crippen LogP contribution in [0.5, 0.6) is 5.75 Å². The number of amides is 2. The van der Waals surface area contributed by atoms with E-state index in [4.69, 9.17) is 16.2 Å². The number of primary amides is 1. The van der Waals surface area contributed by atoms with Gasteiger partial charge in [-0.1, -0.05) is 23.5 Å². The van der Waals surface area contributed by atoms with Crippen molar-refractivity contribution >= 4 is 51.3 Å². The molecule has 0 fully saturated rings. The Hall–Kier alpha value is -4.84. The maximum Gasteiger partial charge on any atom is 0.264 e. The molecule has 4 N–H and O–H groups in total. The third-order valence-corrected chi connectivity index (χ3v) is 7.09. The van der Waals surface area contributed by atoms with Gasteiger partial charge < -0.3 is 26.0 Å². The molecule has 0 radical (unpaired) electrons. The molecule has 4 rings (SSSR count). The summed E-state index contributed by atoms with van der Waals surface area (Å²) in [5, 5.41) is 0.233. The summed E-state index contributed by atoms with van der Waals surface area (Å²) >= 11 is 0.963. The number of hydrogen-bond donors (Lipinski definition) is 2. The molecule has 4 aromatic rings. The number of halogens is 2. The predicted octanol–water partition coefficient (Wildman–Crippen LogP) is 4.29. The van der Waals surface area contributed by atoms with E-state index in [1.165, 1.54) is 78.7 Å². The van der Waals surface area contributed by atoms with Crippen molar-refractivity contribution in [1.29, 1.82) is 0 Å². The van der Waals surface area contributed by atoms with Gasteiger partial charge in [0.15, 0.2) is 11.7 Å². The second-order valence-electron chi connectivity index (χ2n) is 8.68. The fraction of sp³-hybridized carbons (Fsp3) is 0.143. The van der Waals surface area contributed by atoms with Crippen molar-refractivity contribution in [2.24, 2.45) is 5.73 Å². The highest BCUT2D eigenvalue weighted by atomic mass is 32.1. The van der Waals surface area contributed by atoms with Crippen LogP contribution in [0.1, 0.15) is 22.2 Å². The highest BCUT2D eigenvalue weighted by Crippen LogP contribution is 2.36. The van der Waals surface area contributed by atoms with E-state index in [0.29, 0.717) is 11.4 Å². The molecule has 0 aliphatic heterocycles. The fourth-order valence-corrected chi connectivity index (χ4v) is 4.80. The van der Waals surface area contributed by atoms with Crippen LogP contribution in [0.15, 0.2) is 72.8 Å². The first kappa shape index (κ1) is 28.2.